The fourth-order valence-electron chi connectivity index (χ4n) is 11.5. The van der Waals surface area contributed by atoms with Crippen molar-refractivity contribution in [3.8, 4) is 39.7 Å². The Labute approximate surface area is 412 Å². The molecule has 0 aliphatic rings. The monoisotopic (exact) mass is 942 g/mol. The summed E-state index contributed by atoms with van der Waals surface area (Å²) in [7, 11) is 0. The van der Waals surface area contributed by atoms with Crippen LogP contribution >= 0.6 is 34.0 Å². The SMILES string of the molecule is [C-]#[N+]c1c(-c2ccccc2)c(-n2c3c(ccc4c5ccccc5sc43)c3ccc4c5ccccc5sc4c32)c(-c2ccccc2)c(C#N)c1-n1c2ccc(C)cc2c2ccc3c4ccccc4sc3c21. The van der Waals surface area contributed by atoms with Gasteiger partial charge < -0.3 is 9.13 Å². The van der Waals surface area contributed by atoms with Crippen molar-refractivity contribution in [2.45, 2.75) is 6.92 Å². The van der Waals surface area contributed by atoms with Gasteiger partial charge in [0.15, 0.2) is 0 Å². The Kier molecular flexibility index (Phi) is 8.29. The number of hydrogen-bond acceptors (Lipinski definition) is 4. The molecule has 0 aliphatic heterocycles. The average Bonchev–Trinajstić information content (AvgIpc) is 4.23. The molecule has 0 spiro atoms. The van der Waals surface area contributed by atoms with Gasteiger partial charge in [-0.3, -0.25) is 0 Å². The number of nitrogens with zero attached hydrogens (tertiary/aromatic N) is 4. The summed E-state index contributed by atoms with van der Waals surface area (Å²) < 4.78 is 11.8. The molecule has 0 saturated heterocycles. The summed E-state index contributed by atoms with van der Waals surface area (Å²) in [5.41, 5.74) is 10.9. The second-order valence-electron chi connectivity index (χ2n) is 18.1. The lowest BCUT2D eigenvalue weighted by atomic mass is 9.88. The fourth-order valence-corrected chi connectivity index (χ4v) is 15.2. The molecule has 0 saturated carbocycles. The van der Waals surface area contributed by atoms with Crippen LogP contribution in [0.1, 0.15) is 11.1 Å². The van der Waals surface area contributed by atoms with E-state index in [0.717, 1.165) is 87.2 Å². The van der Waals surface area contributed by atoms with Crippen molar-refractivity contribution in [2.75, 3.05) is 0 Å². The van der Waals surface area contributed by atoms with Crippen molar-refractivity contribution < 1.29 is 0 Å². The molecule has 0 bridgehead atoms. The minimum Gasteiger partial charge on any atom is -0.316 e. The Balaban J connectivity index is 1.24. The van der Waals surface area contributed by atoms with Crippen LogP contribution in [0.2, 0.25) is 0 Å². The first kappa shape index (κ1) is 39.4. The third-order valence-electron chi connectivity index (χ3n) is 14.4. The van der Waals surface area contributed by atoms with Crippen LogP contribution in [0.3, 0.4) is 0 Å². The number of thiophene rings is 3. The Bertz CT molecular complexity index is 4650. The molecule has 5 heterocycles. The molecule has 7 heteroatoms. The molecule has 5 aromatic heterocycles. The summed E-state index contributed by atoms with van der Waals surface area (Å²) in [5.74, 6) is 0. The van der Waals surface area contributed by atoms with Gasteiger partial charge in [-0.15, -0.1) is 34.0 Å². The summed E-state index contributed by atoms with van der Waals surface area (Å²) in [6, 6.07) is 70.0. The third kappa shape index (κ3) is 5.26. The first-order valence-corrected chi connectivity index (χ1v) is 25.7. The minimum atomic E-state index is 0.428. The van der Waals surface area contributed by atoms with Gasteiger partial charge >= 0.3 is 0 Å². The van der Waals surface area contributed by atoms with Gasteiger partial charge in [-0.2, -0.15) is 5.26 Å². The predicted molar refractivity (Wildman–Crippen MR) is 300 cm³/mol. The van der Waals surface area contributed by atoms with E-state index in [9.17, 15) is 11.8 Å². The van der Waals surface area contributed by atoms with Crippen LogP contribution in [0.5, 0.6) is 0 Å². The Morgan fingerprint density at radius 3 is 1.34 bits per heavy atom. The third-order valence-corrected chi connectivity index (χ3v) is 18.0. The van der Waals surface area contributed by atoms with Crippen LogP contribution < -0.4 is 0 Å². The molecule has 10 aromatic carbocycles. The Morgan fingerprint density at radius 2 is 0.857 bits per heavy atom. The molecule has 0 fully saturated rings. The maximum atomic E-state index is 12.3. The maximum absolute atomic E-state index is 12.3. The number of hydrogen-bond donors (Lipinski definition) is 0. The molecule has 324 valence electrons. The molecule has 15 rings (SSSR count). The Morgan fingerprint density at radius 1 is 0.429 bits per heavy atom. The summed E-state index contributed by atoms with van der Waals surface area (Å²) in [6.07, 6.45) is 0. The van der Waals surface area contributed by atoms with Crippen molar-refractivity contribution in [2.24, 2.45) is 0 Å². The zero-order valence-corrected chi connectivity index (χ0v) is 39.9. The smallest absolute Gasteiger partial charge is 0.221 e. The summed E-state index contributed by atoms with van der Waals surface area (Å²) in [5, 5.41) is 23.8. The molecule has 0 aliphatic carbocycles. The van der Waals surface area contributed by atoms with Gasteiger partial charge in [0.2, 0.25) is 5.69 Å². The standard InChI is InChI=1S/C63H34N4S3/c1-35-25-32-49-47(33-35)43-28-31-44-38-19-9-12-22-50(38)68-61(44)57(43)66(49)56-48(34-64)53(36-15-5-3-6-16-36)60(54(55(56)65-2)37-17-7-4-8-18-37)67-58-41(26-29-45-39-20-10-13-23-51(39)69-62(45)58)42-27-30-46-40-21-11-14-24-52(40)70-63(46)59(42)67/h3-33H,1H3. The number of rotatable bonds is 4. The topological polar surface area (TPSA) is 38.0 Å². The second-order valence-corrected chi connectivity index (χ2v) is 21.3. The summed E-state index contributed by atoms with van der Waals surface area (Å²) in [6.45, 7) is 11.7. The van der Waals surface area contributed by atoms with Crippen LogP contribution in [0.25, 0.3) is 143 Å². The van der Waals surface area contributed by atoms with Crippen LogP contribution in [-0.4, -0.2) is 9.13 Å². The zero-order chi connectivity index (χ0) is 46.4. The first-order chi connectivity index (χ1) is 34.6. The predicted octanol–water partition coefficient (Wildman–Crippen LogP) is 19.0. The Hall–Kier alpha value is -8.56. The molecule has 0 radical (unpaired) electrons. The number of aromatic nitrogens is 2. The molecule has 70 heavy (non-hydrogen) atoms. The van der Waals surface area contributed by atoms with E-state index in [-0.39, 0.29) is 0 Å². The largest absolute Gasteiger partial charge is 0.316 e. The fraction of sp³-hybridized carbons (Fsp3) is 0.0159. The van der Waals surface area contributed by atoms with E-state index in [4.69, 9.17) is 4.85 Å². The molecule has 0 atom stereocenters. The second kappa shape index (κ2) is 14.7. The van der Waals surface area contributed by atoms with Gasteiger partial charge in [0, 0.05) is 79.1 Å². The van der Waals surface area contributed by atoms with Crippen LogP contribution in [0.15, 0.2) is 188 Å². The number of nitriles is 1. The molecule has 0 unspecified atom stereocenters. The van der Waals surface area contributed by atoms with Crippen LogP contribution in [-0.2, 0) is 0 Å². The normalized spacial score (nSPS) is 12.0. The lowest BCUT2D eigenvalue weighted by Crippen LogP contribution is -2.08. The van der Waals surface area contributed by atoms with E-state index < -0.39 is 0 Å². The van der Waals surface area contributed by atoms with E-state index in [2.05, 4.69) is 198 Å². The molecule has 0 amide bonds. The van der Waals surface area contributed by atoms with Crippen LogP contribution in [0.4, 0.5) is 5.69 Å². The summed E-state index contributed by atoms with van der Waals surface area (Å²) >= 11 is 5.40. The van der Waals surface area contributed by atoms with Gasteiger partial charge in [-0.05, 0) is 48.4 Å². The van der Waals surface area contributed by atoms with E-state index in [0.29, 0.717) is 16.9 Å². The lowest BCUT2D eigenvalue weighted by Gasteiger charge is -2.26. The van der Waals surface area contributed by atoms with Gasteiger partial charge in [-0.25, -0.2) is 4.85 Å². The quantitative estimate of drug-likeness (QED) is 0.162. The first-order valence-electron chi connectivity index (χ1n) is 23.3. The number of aryl methyl sites for hydroxylation is 1. The maximum Gasteiger partial charge on any atom is 0.221 e. The van der Waals surface area contributed by atoms with Crippen molar-refractivity contribution in [1.82, 2.24) is 9.13 Å². The molecule has 15 aromatic rings. The molecular formula is C63H34N4S3. The van der Waals surface area contributed by atoms with Crippen molar-refractivity contribution in [1.29, 1.82) is 5.26 Å². The molecular weight excluding hydrogens is 909 g/mol. The highest BCUT2D eigenvalue weighted by atomic mass is 32.1. The van der Waals surface area contributed by atoms with Crippen molar-refractivity contribution >= 4 is 144 Å². The highest BCUT2D eigenvalue weighted by Gasteiger charge is 2.33. The highest BCUT2D eigenvalue weighted by Crippen LogP contribution is 2.55. The summed E-state index contributed by atoms with van der Waals surface area (Å²) in [4.78, 5) is 4.70. The van der Waals surface area contributed by atoms with E-state index in [1.165, 1.54) is 50.4 Å². The molecule has 0 N–H and O–H groups in total. The minimum absolute atomic E-state index is 0.428. The van der Waals surface area contributed by atoms with Gasteiger partial charge in [0.05, 0.1) is 59.7 Å². The number of benzene rings is 10. The van der Waals surface area contributed by atoms with Gasteiger partial charge in [0.1, 0.15) is 6.07 Å². The van der Waals surface area contributed by atoms with Gasteiger partial charge in [-0.1, -0.05) is 163 Å². The van der Waals surface area contributed by atoms with Crippen molar-refractivity contribution in [3.05, 3.63) is 211 Å². The van der Waals surface area contributed by atoms with E-state index >= 15 is 0 Å². The zero-order valence-electron chi connectivity index (χ0n) is 37.4. The molecule has 4 nitrogen and oxygen atoms in total. The van der Waals surface area contributed by atoms with Crippen molar-refractivity contribution in [3.63, 3.8) is 0 Å². The van der Waals surface area contributed by atoms with E-state index in [1.807, 2.05) is 34.8 Å². The highest BCUT2D eigenvalue weighted by molar-refractivity contribution is 7.27. The number of fused-ring (bicyclic) bond motifs is 18. The lowest BCUT2D eigenvalue weighted by molar-refractivity contribution is 1.15. The van der Waals surface area contributed by atoms with Gasteiger partial charge in [0.25, 0.3) is 0 Å². The average molecular weight is 943 g/mol. The van der Waals surface area contributed by atoms with Crippen LogP contribution in [0, 0.1) is 24.8 Å². The van der Waals surface area contributed by atoms with E-state index in [1.54, 1.807) is 11.3 Å².